The first kappa shape index (κ1) is 17.2. The number of benzene rings is 1. The minimum atomic E-state index is -3.61. The smallest absolute Gasteiger partial charge is 0.244 e. The Morgan fingerprint density at radius 3 is 2.59 bits per heavy atom. The van der Waals surface area contributed by atoms with Crippen LogP contribution in [0.1, 0.15) is 26.2 Å². The van der Waals surface area contributed by atoms with E-state index >= 15 is 0 Å². The summed E-state index contributed by atoms with van der Waals surface area (Å²) in [5.41, 5.74) is 0. The van der Waals surface area contributed by atoms with Gasteiger partial charge in [-0.3, -0.25) is 4.79 Å². The number of hydrogen-bond acceptors (Lipinski definition) is 3. The molecule has 0 radical (unpaired) electrons. The van der Waals surface area contributed by atoms with Crippen LogP contribution in [0.2, 0.25) is 5.02 Å². The molecule has 7 heteroatoms. The zero-order chi connectivity index (χ0) is 16.2. The molecule has 0 aliphatic carbocycles. The minimum Gasteiger partial charge on any atom is -0.341 e. The molecule has 5 nitrogen and oxygen atoms in total. The van der Waals surface area contributed by atoms with Crippen LogP contribution < -0.4 is 0 Å². The highest BCUT2D eigenvalue weighted by Gasteiger charge is 2.29. The summed E-state index contributed by atoms with van der Waals surface area (Å²) in [7, 11) is -3.61. The summed E-state index contributed by atoms with van der Waals surface area (Å²) in [6.07, 6.45) is 1.95. The molecule has 2 rings (SSSR count). The van der Waals surface area contributed by atoms with E-state index in [4.69, 9.17) is 11.6 Å². The molecule has 0 N–H and O–H groups in total. The van der Waals surface area contributed by atoms with Gasteiger partial charge < -0.3 is 4.90 Å². The van der Waals surface area contributed by atoms with Crippen molar-refractivity contribution in [3.63, 3.8) is 0 Å². The molecule has 0 atom stereocenters. The average molecular weight is 345 g/mol. The van der Waals surface area contributed by atoms with E-state index in [9.17, 15) is 13.2 Å². The number of carbonyl (C=O) groups excluding carboxylic acids is 1. The van der Waals surface area contributed by atoms with E-state index in [1.807, 2.05) is 6.92 Å². The van der Waals surface area contributed by atoms with Crippen molar-refractivity contribution in [1.29, 1.82) is 0 Å². The molecule has 1 aliphatic rings. The first-order chi connectivity index (χ1) is 10.5. The summed E-state index contributed by atoms with van der Waals surface area (Å²) in [5.74, 6) is 0.0968. The van der Waals surface area contributed by atoms with Crippen LogP contribution >= 0.6 is 11.6 Å². The molecular formula is C15H21ClN2O3S. The van der Waals surface area contributed by atoms with Crippen LogP contribution in [-0.4, -0.2) is 49.7 Å². The third-order valence-corrected chi connectivity index (χ3v) is 6.12. The van der Waals surface area contributed by atoms with Gasteiger partial charge in [-0.2, -0.15) is 4.31 Å². The van der Waals surface area contributed by atoms with E-state index in [0.717, 1.165) is 6.42 Å². The topological polar surface area (TPSA) is 57.7 Å². The fourth-order valence-electron chi connectivity index (χ4n) is 2.55. The third kappa shape index (κ3) is 3.80. The summed E-state index contributed by atoms with van der Waals surface area (Å²) in [5, 5.41) is 0.227. The van der Waals surface area contributed by atoms with E-state index in [2.05, 4.69) is 0 Å². The van der Waals surface area contributed by atoms with Crippen molar-refractivity contribution in [3.8, 4) is 0 Å². The Kier molecular flexibility index (Phi) is 5.83. The van der Waals surface area contributed by atoms with Crippen LogP contribution in [0.3, 0.4) is 0 Å². The van der Waals surface area contributed by atoms with Gasteiger partial charge in [0.05, 0.1) is 5.02 Å². The average Bonchev–Trinajstić information content (AvgIpc) is 2.74. The summed E-state index contributed by atoms with van der Waals surface area (Å²) < 4.78 is 26.8. The second-order valence-corrected chi connectivity index (χ2v) is 7.63. The Labute approximate surface area is 136 Å². The molecule has 1 aromatic rings. The van der Waals surface area contributed by atoms with E-state index in [-0.39, 0.29) is 15.8 Å². The molecule has 1 saturated heterocycles. The van der Waals surface area contributed by atoms with Crippen LogP contribution in [0.15, 0.2) is 29.2 Å². The SMILES string of the molecule is CCCC(=O)N1CCCN(S(=O)(=O)c2ccccc2Cl)CC1. The third-order valence-electron chi connectivity index (χ3n) is 3.73. The molecule has 22 heavy (non-hydrogen) atoms. The summed E-state index contributed by atoms with van der Waals surface area (Å²) in [6, 6.07) is 6.45. The molecule has 0 aromatic heterocycles. The first-order valence-electron chi connectivity index (χ1n) is 7.49. The maximum absolute atomic E-state index is 12.7. The lowest BCUT2D eigenvalue weighted by molar-refractivity contribution is -0.131. The number of amides is 1. The molecule has 1 aliphatic heterocycles. The largest absolute Gasteiger partial charge is 0.341 e. The van der Waals surface area contributed by atoms with Gasteiger partial charge in [0.1, 0.15) is 4.90 Å². The molecule has 1 heterocycles. The predicted molar refractivity (Wildman–Crippen MR) is 86.3 cm³/mol. The van der Waals surface area contributed by atoms with Gasteiger partial charge in [0.2, 0.25) is 15.9 Å². The van der Waals surface area contributed by atoms with E-state index < -0.39 is 10.0 Å². The Morgan fingerprint density at radius 2 is 1.91 bits per heavy atom. The van der Waals surface area contributed by atoms with Gasteiger partial charge in [0.25, 0.3) is 0 Å². The second kappa shape index (κ2) is 7.44. The Morgan fingerprint density at radius 1 is 1.18 bits per heavy atom. The van der Waals surface area contributed by atoms with Crippen LogP contribution in [0.25, 0.3) is 0 Å². The molecule has 0 spiro atoms. The second-order valence-electron chi connectivity index (χ2n) is 5.32. The zero-order valence-electron chi connectivity index (χ0n) is 12.7. The Bertz CT molecular complexity index is 633. The van der Waals surface area contributed by atoms with Crippen molar-refractivity contribution >= 4 is 27.5 Å². The van der Waals surface area contributed by atoms with Gasteiger partial charge in [-0.05, 0) is 25.0 Å². The molecule has 122 valence electrons. The molecule has 1 fully saturated rings. The van der Waals surface area contributed by atoms with Gasteiger partial charge in [-0.25, -0.2) is 8.42 Å². The quantitative estimate of drug-likeness (QED) is 0.842. The Hall–Kier alpha value is -1.11. The van der Waals surface area contributed by atoms with Gasteiger partial charge in [-0.15, -0.1) is 0 Å². The van der Waals surface area contributed by atoms with Crippen molar-refractivity contribution in [2.75, 3.05) is 26.2 Å². The van der Waals surface area contributed by atoms with Crippen molar-refractivity contribution in [3.05, 3.63) is 29.3 Å². The minimum absolute atomic E-state index is 0.0968. The lowest BCUT2D eigenvalue weighted by Crippen LogP contribution is -2.37. The van der Waals surface area contributed by atoms with Gasteiger partial charge in [0.15, 0.2) is 0 Å². The van der Waals surface area contributed by atoms with E-state index in [1.165, 1.54) is 10.4 Å². The van der Waals surface area contributed by atoms with E-state index in [1.54, 1.807) is 23.1 Å². The van der Waals surface area contributed by atoms with Crippen molar-refractivity contribution in [2.24, 2.45) is 0 Å². The number of hydrogen-bond donors (Lipinski definition) is 0. The normalized spacial score (nSPS) is 17.3. The fourth-order valence-corrected chi connectivity index (χ4v) is 4.51. The van der Waals surface area contributed by atoms with Crippen LogP contribution in [0, 0.1) is 0 Å². The maximum atomic E-state index is 12.7. The zero-order valence-corrected chi connectivity index (χ0v) is 14.2. The standard InChI is InChI=1S/C15H21ClN2O3S/c1-2-6-15(19)17-9-5-10-18(12-11-17)22(20,21)14-8-4-3-7-13(14)16/h3-4,7-8H,2,5-6,9-12H2,1H3. The van der Waals surface area contributed by atoms with Crippen molar-refractivity contribution < 1.29 is 13.2 Å². The molecule has 0 unspecified atom stereocenters. The lowest BCUT2D eigenvalue weighted by Gasteiger charge is -2.22. The van der Waals surface area contributed by atoms with Crippen LogP contribution in [0.4, 0.5) is 0 Å². The number of halogens is 1. The van der Waals surface area contributed by atoms with E-state index in [0.29, 0.717) is 39.0 Å². The van der Waals surface area contributed by atoms with Crippen molar-refractivity contribution in [2.45, 2.75) is 31.1 Å². The number of rotatable bonds is 4. The summed E-state index contributed by atoms with van der Waals surface area (Å²) in [4.78, 5) is 13.9. The maximum Gasteiger partial charge on any atom is 0.244 e. The highest BCUT2D eigenvalue weighted by atomic mass is 35.5. The number of carbonyl (C=O) groups is 1. The Balaban J connectivity index is 2.14. The van der Waals surface area contributed by atoms with Crippen LogP contribution in [-0.2, 0) is 14.8 Å². The summed E-state index contributed by atoms with van der Waals surface area (Å²) in [6.45, 7) is 3.71. The van der Waals surface area contributed by atoms with Gasteiger partial charge in [0, 0.05) is 32.6 Å². The first-order valence-corrected chi connectivity index (χ1v) is 9.31. The molecular weight excluding hydrogens is 324 g/mol. The lowest BCUT2D eigenvalue weighted by atomic mass is 10.3. The molecule has 1 aromatic carbocycles. The number of sulfonamides is 1. The highest BCUT2D eigenvalue weighted by molar-refractivity contribution is 7.89. The molecule has 0 bridgehead atoms. The fraction of sp³-hybridized carbons (Fsp3) is 0.533. The van der Waals surface area contributed by atoms with Crippen molar-refractivity contribution in [1.82, 2.24) is 9.21 Å². The van der Waals surface area contributed by atoms with Gasteiger partial charge >= 0.3 is 0 Å². The van der Waals surface area contributed by atoms with Gasteiger partial charge in [-0.1, -0.05) is 30.7 Å². The highest BCUT2D eigenvalue weighted by Crippen LogP contribution is 2.25. The van der Waals surface area contributed by atoms with Crippen LogP contribution in [0.5, 0.6) is 0 Å². The molecule has 1 amide bonds. The monoisotopic (exact) mass is 344 g/mol. The number of nitrogens with zero attached hydrogens (tertiary/aromatic N) is 2. The molecule has 0 saturated carbocycles. The summed E-state index contributed by atoms with van der Waals surface area (Å²) >= 11 is 6.02. The predicted octanol–water partition coefficient (Wildman–Crippen LogP) is 2.36.